The van der Waals surface area contributed by atoms with Gasteiger partial charge in [0.2, 0.25) is 0 Å². The lowest BCUT2D eigenvalue weighted by molar-refractivity contribution is -0.147. The topological polar surface area (TPSA) is 134 Å². The number of hydrogen-bond acceptors (Lipinski definition) is 8. The van der Waals surface area contributed by atoms with Gasteiger partial charge < -0.3 is 30.4 Å². The predicted molar refractivity (Wildman–Crippen MR) is 153 cm³/mol. The van der Waals surface area contributed by atoms with Gasteiger partial charge in [0, 0.05) is 46.4 Å². The maximum Gasteiger partial charge on any atom is 0.346 e. The van der Waals surface area contributed by atoms with Gasteiger partial charge in [0.25, 0.3) is 11.8 Å². The van der Waals surface area contributed by atoms with Crippen molar-refractivity contribution in [2.24, 2.45) is 0 Å². The van der Waals surface area contributed by atoms with E-state index in [1.54, 1.807) is 43.3 Å². The van der Waals surface area contributed by atoms with Crippen molar-refractivity contribution in [3.05, 3.63) is 68.8 Å². The summed E-state index contributed by atoms with van der Waals surface area (Å²) in [5.41, 5.74) is 2.61. The molecule has 4 N–H and O–H groups in total. The molecule has 2 aromatic heterocycles. The molecule has 4 aromatic rings. The van der Waals surface area contributed by atoms with Crippen LogP contribution >= 0.6 is 35.3 Å². The third-order valence-electron chi connectivity index (χ3n) is 5.96. The molecule has 0 saturated heterocycles. The van der Waals surface area contributed by atoms with E-state index in [1.807, 2.05) is 0 Å². The van der Waals surface area contributed by atoms with Gasteiger partial charge in [-0.15, -0.1) is 23.7 Å². The highest BCUT2D eigenvalue weighted by atomic mass is 35.5. The molecule has 204 valence electrons. The van der Waals surface area contributed by atoms with E-state index in [1.165, 1.54) is 24.5 Å². The lowest BCUT2D eigenvalue weighted by Crippen LogP contribution is -2.25. The summed E-state index contributed by atoms with van der Waals surface area (Å²) in [5.74, 6) is -1.08. The molecule has 2 aromatic carbocycles. The fourth-order valence-corrected chi connectivity index (χ4v) is 5.19. The highest BCUT2D eigenvalue weighted by molar-refractivity contribution is 7.13. The second-order valence-electron chi connectivity index (χ2n) is 8.63. The molecule has 3 heterocycles. The molecule has 5 rings (SSSR count). The van der Waals surface area contributed by atoms with Gasteiger partial charge in [-0.1, -0.05) is 11.6 Å². The number of rotatable bonds is 7. The predicted octanol–water partition coefficient (Wildman–Crippen LogP) is 4.79. The van der Waals surface area contributed by atoms with E-state index >= 15 is 0 Å². The van der Waals surface area contributed by atoms with Crippen LogP contribution in [0.25, 0.3) is 10.9 Å². The number of esters is 1. The quantitative estimate of drug-likeness (QED) is 0.228. The summed E-state index contributed by atoms with van der Waals surface area (Å²) >= 11 is 7.39. The van der Waals surface area contributed by atoms with Crippen molar-refractivity contribution in [1.82, 2.24) is 15.3 Å². The molecule has 0 spiro atoms. The number of H-pyrrole nitrogens is 1. The molecule has 1 aliphatic heterocycles. The normalized spacial score (nSPS) is 13.1. The number of halogens is 2. The van der Waals surface area contributed by atoms with Crippen LogP contribution in [0.15, 0.2) is 42.5 Å². The maximum absolute atomic E-state index is 13.1. The molecule has 10 nitrogen and oxygen atoms in total. The molecule has 13 heteroatoms. The fourth-order valence-electron chi connectivity index (χ4n) is 4.04. The summed E-state index contributed by atoms with van der Waals surface area (Å²) in [6, 6.07) is 11.7. The monoisotopic (exact) mass is 589 g/mol. The van der Waals surface area contributed by atoms with Gasteiger partial charge in [-0.2, -0.15) is 0 Å². The number of anilines is 2. The smallest absolute Gasteiger partial charge is 0.346 e. The van der Waals surface area contributed by atoms with Gasteiger partial charge in [0.1, 0.15) is 11.4 Å². The van der Waals surface area contributed by atoms with E-state index in [0.717, 1.165) is 34.4 Å². The first-order valence-electron chi connectivity index (χ1n) is 11.8. The van der Waals surface area contributed by atoms with Gasteiger partial charge in [-0.3, -0.25) is 9.59 Å². The highest BCUT2D eigenvalue weighted by Crippen LogP contribution is 2.30. The minimum atomic E-state index is -0.875. The van der Waals surface area contributed by atoms with Crippen LogP contribution in [0.1, 0.15) is 37.8 Å². The van der Waals surface area contributed by atoms with Gasteiger partial charge in [-0.05, 0) is 43.3 Å². The fraction of sp³-hybridized carbons (Fsp3) is 0.231. The molecule has 0 aliphatic carbocycles. The van der Waals surface area contributed by atoms with E-state index in [2.05, 4.69) is 25.9 Å². The SMILES string of the molecule is COC(=O)C(C)Oc1ccc(NC(=O)c2cc3cc(Cl)ccc3[nH]2)c(NC(=O)c2nc3c(s2)CNCC3)c1.Cl. The van der Waals surface area contributed by atoms with Crippen molar-refractivity contribution in [2.75, 3.05) is 24.3 Å². The summed E-state index contributed by atoms with van der Waals surface area (Å²) in [7, 11) is 1.27. The Morgan fingerprint density at radius 2 is 1.87 bits per heavy atom. The molecule has 1 atom stereocenters. The molecule has 0 radical (unpaired) electrons. The van der Waals surface area contributed by atoms with Crippen LogP contribution in [0.4, 0.5) is 11.4 Å². The van der Waals surface area contributed by atoms with Gasteiger partial charge >= 0.3 is 5.97 Å². The zero-order chi connectivity index (χ0) is 26.8. The standard InChI is InChI=1S/C26H24ClN5O5S.ClH/c1-13(26(35)36-2)37-16-4-6-18(30-23(33)21-10-14-9-15(27)3-5-17(14)29-21)20(11-16)31-24(34)25-32-19-7-8-28-12-22(19)38-25;/h3-6,9-11,13,28-29H,7-8,12H2,1-2H3,(H,30,33)(H,31,34);1H. The Labute approximate surface area is 238 Å². The number of carbonyl (C=O) groups is 3. The number of nitrogens with zero attached hydrogens (tertiary/aromatic N) is 1. The van der Waals surface area contributed by atoms with Gasteiger partial charge in [0.15, 0.2) is 11.1 Å². The number of fused-ring (bicyclic) bond motifs is 2. The number of aromatic amines is 1. The van der Waals surface area contributed by atoms with Crippen LogP contribution in [0, 0.1) is 0 Å². The van der Waals surface area contributed by atoms with Gasteiger partial charge in [-0.25, -0.2) is 9.78 Å². The van der Waals surface area contributed by atoms with Crippen LogP contribution in [0.2, 0.25) is 5.02 Å². The number of methoxy groups -OCH3 is 1. The first kappa shape index (κ1) is 28.4. The van der Waals surface area contributed by atoms with Crippen LogP contribution < -0.4 is 20.7 Å². The number of aromatic nitrogens is 2. The summed E-state index contributed by atoms with van der Waals surface area (Å²) in [5, 5.41) is 10.6. The molecular formula is C26H25Cl2N5O5S. The summed E-state index contributed by atoms with van der Waals surface area (Å²) in [6.45, 7) is 3.04. The van der Waals surface area contributed by atoms with Crippen LogP contribution in [-0.2, 0) is 22.5 Å². The lowest BCUT2D eigenvalue weighted by Gasteiger charge is -2.16. The highest BCUT2D eigenvalue weighted by Gasteiger charge is 2.22. The van der Waals surface area contributed by atoms with E-state index in [0.29, 0.717) is 33.7 Å². The Bertz CT molecular complexity index is 1530. The first-order chi connectivity index (χ1) is 18.3. The van der Waals surface area contributed by atoms with E-state index in [9.17, 15) is 14.4 Å². The lowest BCUT2D eigenvalue weighted by atomic mass is 10.2. The third-order valence-corrected chi connectivity index (χ3v) is 7.29. The van der Waals surface area contributed by atoms with Crippen molar-refractivity contribution in [3.8, 4) is 5.75 Å². The summed E-state index contributed by atoms with van der Waals surface area (Å²) in [4.78, 5) is 46.7. The van der Waals surface area contributed by atoms with E-state index in [4.69, 9.17) is 21.1 Å². The molecule has 1 unspecified atom stereocenters. The summed E-state index contributed by atoms with van der Waals surface area (Å²) < 4.78 is 10.4. The molecule has 2 amide bonds. The van der Waals surface area contributed by atoms with Crippen molar-refractivity contribution in [2.45, 2.75) is 26.0 Å². The average Bonchev–Trinajstić information content (AvgIpc) is 3.53. The number of ether oxygens (including phenoxy) is 2. The van der Waals surface area contributed by atoms with Crippen molar-refractivity contribution in [1.29, 1.82) is 0 Å². The Balaban J connectivity index is 0.00000353. The number of benzene rings is 2. The Morgan fingerprint density at radius 3 is 2.64 bits per heavy atom. The Kier molecular flexibility index (Phi) is 8.76. The maximum atomic E-state index is 13.1. The number of nitrogens with one attached hydrogen (secondary N) is 4. The Morgan fingerprint density at radius 1 is 1.08 bits per heavy atom. The van der Waals surface area contributed by atoms with Crippen LogP contribution in [-0.4, -0.2) is 47.5 Å². The minimum absolute atomic E-state index is 0. The second kappa shape index (κ2) is 12.0. The minimum Gasteiger partial charge on any atom is -0.479 e. The molecule has 39 heavy (non-hydrogen) atoms. The molecule has 0 saturated carbocycles. The Hall–Kier alpha value is -3.64. The largest absolute Gasteiger partial charge is 0.479 e. The van der Waals surface area contributed by atoms with Crippen molar-refractivity contribution < 1.29 is 23.9 Å². The number of thiazole rings is 1. The second-order valence-corrected chi connectivity index (χ2v) is 10.1. The molecule has 0 bridgehead atoms. The third kappa shape index (κ3) is 6.34. The average molecular weight is 590 g/mol. The number of hydrogen-bond donors (Lipinski definition) is 4. The van der Waals surface area contributed by atoms with E-state index in [-0.39, 0.29) is 18.1 Å². The van der Waals surface area contributed by atoms with Crippen LogP contribution in [0.3, 0.4) is 0 Å². The van der Waals surface area contributed by atoms with Gasteiger partial charge in [0.05, 0.1) is 24.2 Å². The number of amides is 2. The van der Waals surface area contributed by atoms with Crippen molar-refractivity contribution in [3.63, 3.8) is 0 Å². The molecule has 1 aliphatic rings. The summed E-state index contributed by atoms with van der Waals surface area (Å²) in [6.07, 6.45) is -0.120. The van der Waals surface area contributed by atoms with Crippen molar-refractivity contribution >= 4 is 75.4 Å². The molecular weight excluding hydrogens is 565 g/mol. The zero-order valence-corrected chi connectivity index (χ0v) is 23.3. The first-order valence-corrected chi connectivity index (χ1v) is 13.0. The van der Waals surface area contributed by atoms with E-state index < -0.39 is 23.9 Å². The van der Waals surface area contributed by atoms with Crippen LogP contribution in [0.5, 0.6) is 5.75 Å². The number of carbonyl (C=O) groups excluding carboxylic acids is 3. The molecule has 0 fully saturated rings. The zero-order valence-electron chi connectivity index (χ0n) is 20.9.